The molecule has 1 saturated heterocycles. The van der Waals surface area contributed by atoms with Crippen molar-refractivity contribution in [3.05, 3.63) is 0 Å². The zero-order chi connectivity index (χ0) is 15.2. The SMILES string of the molecule is [B]C1CCCCC2C(=NCC)N(C(C)C)CCC2CCC1. The second-order valence-electron chi connectivity index (χ2n) is 7.25. The van der Waals surface area contributed by atoms with Crippen molar-refractivity contribution in [2.24, 2.45) is 16.8 Å². The number of amidine groups is 1. The molecule has 1 aliphatic heterocycles. The predicted molar refractivity (Wildman–Crippen MR) is 93.2 cm³/mol. The van der Waals surface area contributed by atoms with E-state index in [1.165, 1.54) is 63.7 Å². The molecule has 2 radical (unpaired) electrons. The first-order chi connectivity index (χ1) is 10.1. The predicted octanol–water partition coefficient (Wildman–Crippen LogP) is 4.45. The molecule has 2 nitrogen and oxygen atoms in total. The molecule has 2 aliphatic rings. The van der Waals surface area contributed by atoms with E-state index in [4.69, 9.17) is 12.8 Å². The van der Waals surface area contributed by atoms with E-state index in [1.54, 1.807) is 0 Å². The molecule has 3 heteroatoms. The van der Waals surface area contributed by atoms with E-state index in [0.29, 0.717) is 17.8 Å². The van der Waals surface area contributed by atoms with Gasteiger partial charge in [-0.2, -0.15) is 0 Å². The molecule has 118 valence electrons. The van der Waals surface area contributed by atoms with Crippen LogP contribution in [-0.2, 0) is 0 Å². The summed E-state index contributed by atoms with van der Waals surface area (Å²) in [4.78, 5) is 7.50. The van der Waals surface area contributed by atoms with Crippen molar-refractivity contribution < 1.29 is 0 Å². The average molecular weight is 288 g/mol. The van der Waals surface area contributed by atoms with Crippen LogP contribution in [-0.4, -0.2) is 37.7 Å². The summed E-state index contributed by atoms with van der Waals surface area (Å²) in [6.07, 6.45) is 10.4. The Morgan fingerprint density at radius 1 is 1.10 bits per heavy atom. The topological polar surface area (TPSA) is 15.6 Å². The molecule has 2 fully saturated rings. The number of hydrogen-bond donors (Lipinski definition) is 0. The number of aliphatic imine (C=N–C) groups is 1. The van der Waals surface area contributed by atoms with Gasteiger partial charge < -0.3 is 4.90 Å². The Kier molecular flexibility index (Phi) is 6.63. The zero-order valence-electron chi connectivity index (χ0n) is 14.4. The van der Waals surface area contributed by atoms with Gasteiger partial charge in [-0.05, 0) is 46.0 Å². The van der Waals surface area contributed by atoms with E-state index in [0.717, 1.165) is 12.5 Å². The summed E-state index contributed by atoms with van der Waals surface area (Å²) in [5.41, 5.74) is 0. The van der Waals surface area contributed by atoms with Crippen LogP contribution in [0, 0.1) is 11.8 Å². The van der Waals surface area contributed by atoms with Crippen LogP contribution in [0.4, 0.5) is 0 Å². The maximum Gasteiger partial charge on any atom is 0.102 e. The van der Waals surface area contributed by atoms with Crippen LogP contribution in [0.15, 0.2) is 4.99 Å². The molecule has 3 atom stereocenters. The Bertz CT molecular complexity index is 338. The van der Waals surface area contributed by atoms with Gasteiger partial charge in [0.05, 0.1) is 7.85 Å². The number of piperidine rings is 1. The summed E-state index contributed by atoms with van der Waals surface area (Å²) >= 11 is 0. The number of fused-ring (bicyclic) bond motifs is 1. The van der Waals surface area contributed by atoms with Gasteiger partial charge in [0, 0.05) is 25.0 Å². The Balaban J connectivity index is 2.12. The highest BCUT2D eigenvalue weighted by Gasteiger charge is 2.35. The molecule has 0 spiro atoms. The third-order valence-electron chi connectivity index (χ3n) is 5.37. The van der Waals surface area contributed by atoms with Crippen molar-refractivity contribution >= 4 is 13.7 Å². The molecule has 0 bridgehead atoms. The highest BCUT2D eigenvalue weighted by molar-refractivity contribution is 6.11. The highest BCUT2D eigenvalue weighted by Crippen LogP contribution is 2.36. The number of nitrogens with zero attached hydrogens (tertiary/aromatic N) is 2. The minimum atomic E-state index is 0.445. The molecule has 21 heavy (non-hydrogen) atoms. The van der Waals surface area contributed by atoms with Gasteiger partial charge in [-0.15, -0.1) is 0 Å². The molecule has 0 amide bonds. The van der Waals surface area contributed by atoms with Gasteiger partial charge in [-0.25, -0.2) is 0 Å². The smallest absolute Gasteiger partial charge is 0.102 e. The van der Waals surface area contributed by atoms with Gasteiger partial charge in [0.25, 0.3) is 0 Å². The maximum absolute atomic E-state index is 6.20. The third-order valence-corrected chi connectivity index (χ3v) is 5.37. The Morgan fingerprint density at radius 2 is 1.81 bits per heavy atom. The minimum Gasteiger partial charge on any atom is -0.358 e. The second-order valence-corrected chi connectivity index (χ2v) is 7.25. The van der Waals surface area contributed by atoms with Crippen molar-refractivity contribution in [3.63, 3.8) is 0 Å². The number of likely N-dealkylation sites (tertiary alicyclic amines) is 1. The molecule has 3 unspecified atom stereocenters. The lowest BCUT2D eigenvalue weighted by molar-refractivity contribution is 0.201. The van der Waals surface area contributed by atoms with Crippen LogP contribution in [0.3, 0.4) is 0 Å². The summed E-state index contributed by atoms with van der Waals surface area (Å²) in [6, 6.07) is 0.583. The van der Waals surface area contributed by atoms with Crippen LogP contribution in [0.1, 0.15) is 72.1 Å². The molecule has 1 aliphatic carbocycles. The van der Waals surface area contributed by atoms with Crippen molar-refractivity contribution in [2.75, 3.05) is 13.1 Å². The molecule has 1 heterocycles. The van der Waals surface area contributed by atoms with Crippen molar-refractivity contribution in [1.82, 2.24) is 4.90 Å². The van der Waals surface area contributed by atoms with E-state index >= 15 is 0 Å². The maximum atomic E-state index is 6.20. The van der Waals surface area contributed by atoms with Gasteiger partial charge in [0.1, 0.15) is 5.84 Å². The molecule has 2 rings (SSSR count). The van der Waals surface area contributed by atoms with Crippen LogP contribution in [0.5, 0.6) is 0 Å². The summed E-state index contributed by atoms with van der Waals surface area (Å²) in [5, 5.41) is 0. The van der Waals surface area contributed by atoms with Gasteiger partial charge >= 0.3 is 0 Å². The lowest BCUT2D eigenvalue weighted by atomic mass is 9.73. The fourth-order valence-corrected chi connectivity index (χ4v) is 4.20. The van der Waals surface area contributed by atoms with Gasteiger partial charge in [0.2, 0.25) is 0 Å². The number of rotatable bonds is 2. The van der Waals surface area contributed by atoms with Crippen molar-refractivity contribution in [1.29, 1.82) is 0 Å². The van der Waals surface area contributed by atoms with E-state index in [1.807, 2.05) is 0 Å². The molecule has 0 aromatic rings. The van der Waals surface area contributed by atoms with Crippen molar-refractivity contribution in [3.8, 4) is 0 Å². The average Bonchev–Trinajstić information content (AvgIpc) is 2.45. The summed E-state index contributed by atoms with van der Waals surface area (Å²) < 4.78 is 0. The minimum absolute atomic E-state index is 0.445. The Hall–Kier alpha value is -0.465. The van der Waals surface area contributed by atoms with Gasteiger partial charge in [-0.1, -0.05) is 37.9 Å². The first-order valence-corrected chi connectivity index (χ1v) is 9.20. The fourth-order valence-electron chi connectivity index (χ4n) is 4.20. The van der Waals surface area contributed by atoms with Crippen molar-refractivity contribution in [2.45, 2.75) is 84.0 Å². The van der Waals surface area contributed by atoms with E-state index in [2.05, 4.69) is 25.7 Å². The summed E-state index contributed by atoms with van der Waals surface area (Å²) in [6.45, 7) is 8.92. The van der Waals surface area contributed by atoms with Crippen LogP contribution in [0.25, 0.3) is 0 Å². The second kappa shape index (κ2) is 8.24. The summed E-state index contributed by atoms with van der Waals surface area (Å²) in [5.74, 6) is 3.42. The Morgan fingerprint density at radius 3 is 2.52 bits per heavy atom. The molecule has 0 N–H and O–H groups in total. The normalized spacial score (nSPS) is 34.0. The first kappa shape index (κ1) is 16.9. The quantitative estimate of drug-likeness (QED) is 0.685. The van der Waals surface area contributed by atoms with E-state index < -0.39 is 0 Å². The molecule has 1 saturated carbocycles. The highest BCUT2D eigenvalue weighted by atomic mass is 15.2. The monoisotopic (exact) mass is 288 g/mol. The molecular weight excluding hydrogens is 255 g/mol. The summed E-state index contributed by atoms with van der Waals surface area (Å²) in [7, 11) is 6.20. The lowest BCUT2D eigenvalue weighted by Gasteiger charge is -2.44. The van der Waals surface area contributed by atoms with Crippen LogP contribution >= 0.6 is 0 Å². The van der Waals surface area contributed by atoms with E-state index in [-0.39, 0.29) is 0 Å². The molecule has 0 aromatic carbocycles. The van der Waals surface area contributed by atoms with Crippen LogP contribution < -0.4 is 0 Å². The standard InChI is InChI=1S/C18H33BN2/c1-4-20-18-17-11-6-5-9-16(19)10-7-8-15(17)12-13-21(18)14(2)3/h14-17H,4-13H2,1-3H3. The first-order valence-electron chi connectivity index (χ1n) is 9.20. The van der Waals surface area contributed by atoms with Gasteiger partial charge in [-0.3, -0.25) is 4.99 Å². The van der Waals surface area contributed by atoms with E-state index in [9.17, 15) is 0 Å². The molecule has 0 aromatic heterocycles. The number of hydrogen-bond acceptors (Lipinski definition) is 1. The zero-order valence-corrected chi connectivity index (χ0v) is 14.4. The largest absolute Gasteiger partial charge is 0.358 e. The third kappa shape index (κ3) is 4.50. The van der Waals surface area contributed by atoms with Gasteiger partial charge in [0.15, 0.2) is 0 Å². The Labute approximate surface area is 133 Å². The molecular formula is C18H33BN2. The fraction of sp³-hybridized carbons (Fsp3) is 0.944. The lowest BCUT2D eigenvalue weighted by Crippen LogP contribution is -2.49. The van der Waals surface area contributed by atoms with Crippen LogP contribution in [0.2, 0.25) is 5.82 Å².